The molecule has 3 nitrogen and oxygen atoms in total. The first kappa shape index (κ1) is 11.1. The van der Waals surface area contributed by atoms with E-state index in [4.69, 9.17) is 11.5 Å². The fraction of sp³-hybridized carbons (Fsp3) is 0.538. The molecular formula is C13H21N3. The molecule has 1 aromatic rings. The van der Waals surface area contributed by atoms with Crippen molar-refractivity contribution in [1.82, 2.24) is 0 Å². The van der Waals surface area contributed by atoms with E-state index >= 15 is 0 Å². The van der Waals surface area contributed by atoms with E-state index in [0.717, 1.165) is 19.0 Å². The Balaban J connectivity index is 2.05. The van der Waals surface area contributed by atoms with E-state index in [2.05, 4.69) is 17.9 Å². The number of nitrogens with two attached hydrogens (primary N) is 2. The largest absolute Gasteiger partial charge is 0.397 e. The first-order chi connectivity index (χ1) is 7.70. The van der Waals surface area contributed by atoms with Gasteiger partial charge in [-0.25, -0.2) is 0 Å². The molecule has 3 heteroatoms. The van der Waals surface area contributed by atoms with Crippen LogP contribution in [0.3, 0.4) is 0 Å². The van der Waals surface area contributed by atoms with Gasteiger partial charge in [-0.1, -0.05) is 13.3 Å². The molecule has 1 saturated heterocycles. The van der Waals surface area contributed by atoms with Crippen LogP contribution in [0.5, 0.6) is 0 Å². The van der Waals surface area contributed by atoms with Crippen LogP contribution in [-0.4, -0.2) is 13.1 Å². The smallest absolute Gasteiger partial charge is 0.0568 e. The summed E-state index contributed by atoms with van der Waals surface area (Å²) < 4.78 is 0. The van der Waals surface area contributed by atoms with Gasteiger partial charge < -0.3 is 16.4 Å². The lowest BCUT2D eigenvalue weighted by atomic mass is 9.94. The first-order valence-electron chi connectivity index (χ1n) is 6.10. The minimum atomic E-state index is 0.673. The van der Waals surface area contributed by atoms with Gasteiger partial charge in [0.2, 0.25) is 0 Å². The predicted octanol–water partition coefficient (Wildman–Crippen LogP) is 2.48. The van der Waals surface area contributed by atoms with Crippen molar-refractivity contribution >= 4 is 17.1 Å². The SMILES string of the molecule is CCC1CCN(c2ccc(N)c(N)c2)CC1. The fourth-order valence-corrected chi connectivity index (χ4v) is 2.36. The number of nitrogens with zero attached hydrogens (tertiary/aromatic N) is 1. The third-order valence-electron chi connectivity index (χ3n) is 3.63. The molecule has 1 aliphatic heterocycles. The minimum Gasteiger partial charge on any atom is -0.397 e. The second-order valence-electron chi connectivity index (χ2n) is 4.65. The lowest BCUT2D eigenvalue weighted by Crippen LogP contribution is -2.33. The molecule has 0 spiro atoms. The van der Waals surface area contributed by atoms with Crippen LogP contribution < -0.4 is 16.4 Å². The minimum absolute atomic E-state index is 0.673. The van der Waals surface area contributed by atoms with Gasteiger partial charge >= 0.3 is 0 Å². The monoisotopic (exact) mass is 219 g/mol. The topological polar surface area (TPSA) is 55.3 Å². The van der Waals surface area contributed by atoms with E-state index in [1.807, 2.05) is 12.1 Å². The zero-order valence-corrected chi connectivity index (χ0v) is 9.95. The Kier molecular flexibility index (Phi) is 3.22. The highest BCUT2D eigenvalue weighted by atomic mass is 15.1. The molecule has 1 aliphatic rings. The maximum absolute atomic E-state index is 5.83. The summed E-state index contributed by atoms with van der Waals surface area (Å²) in [7, 11) is 0. The first-order valence-corrected chi connectivity index (χ1v) is 6.10. The van der Waals surface area contributed by atoms with Gasteiger partial charge in [0, 0.05) is 18.8 Å². The molecule has 0 radical (unpaired) electrons. The Bertz CT molecular complexity index is 354. The number of anilines is 3. The zero-order chi connectivity index (χ0) is 11.5. The molecule has 1 fully saturated rings. The summed E-state index contributed by atoms with van der Waals surface area (Å²) in [5.74, 6) is 0.905. The highest BCUT2D eigenvalue weighted by Crippen LogP contribution is 2.28. The Hall–Kier alpha value is -1.38. The molecule has 0 aliphatic carbocycles. The maximum atomic E-state index is 5.83. The lowest BCUT2D eigenvalue weighted by Gasteiger charge is -2.33. The number of piperidine rings is 1. The molecule has 2 rings (SSSR count). The third-order valence-corrected chi connectivity index (χ3v) is 3.63. The van der Waals surface area contributed by atoms with Gasteiger partial charge in [0.15, 0.2) is 0 Å². The molecule has 0 bridgehead atoms. The molecule has 16 heavy (non-hydrogen) atoms. The quantitative estimate of drug-likeness (QED) is 0.751. The molecule has 0 amide bonds. The standard InChI is InChI=1S/C13H21N3/c1-2-10-5-7-16(8-6-10)11-3-4-12(14)13(15)9-11/h3-4,9-10H,2,5-8,14-15H2,1H3. The molecule has 88 valence electrons. The van der Waals surface area contributed by atoms with E-state index in [9.17, 15) is 0 Å². The van der Waals surface area contributed by atoms with Gasteiger partial charge in [0.05, 0.1) is 11.4 Å². The number of rotatable bonds is 2. The van der Waals surface area contributed by atoms with Crippen molar-refractivity contribution in [2.24, 2.45) is 5.92 Å². The van der Waals surface area contributed by atoms with Gasteiger partial charge in [-0.15, -0.1) is 0 Å². The van der Waals surface area contributed by atoms with Crippen molar-refractivity contribution in [3.63, 3.8) is 0 Å². The second kappa shape index (κ2) is 4.64. The Labute approximate surface area is 97.4 Å². The summed E-state index contributed by atoms with van der Waals surface area (Å²) in [5, 5.41) is 0. The Morgan fingerprint density at radius 1 is 1.19 bits per heavy atom. The average Bonchev–Trinajstić information content (AvgIpc) is 2.33. The van der Waals surface area contributed by atoms with Crippen LogP contribution in [-0.2, 0) is 0 Å². The van der Waals surface area contributed by atoms with E-state index in [-0.39, 0.29) is 0 Å². The number of benzene rings is 1. The number of nitrogen functional groups attached to an aromatic ring is 2. The molecule has 1 heterocycles. The van der Waals surface area contributed by atoms with Gasteiger partial charge in [0.1, 0.15) is 0 Å². The highest BCUT2D eigenvalue weighted by Gasteiger charge is 2.18. The van der Waals surface area contributed by atoms with Gasteiger partial charge in [0.25, 0.3) is 0 Å². The maximum Gasteiger partial charge on any atom is 0.0568 e. The average molecular weight is 219 g/mol. The summed E-state index contributed by atoms with van der Waals surface area (Å²) in [6.07, 6.45) is 3.89. The second-order valence-corrected chi connectivity index (χ2v) is 4.65. The van der Waals surface area contributed by atoms with Crippen LogP contribution in [0.1, 0.15) is 26.2 Å². The Morgan fingerprint density at radius 3 is 2.44 bits per heavy atom. The molecule has 4 N–H and O–H groups in total. The summed E-state index contributed by atoms with van der Waals surface area (Å²) in [6, 6.07) is 5.95. The van der Waals surface area contributed by atoms with Crippen molar-refractivity contribution in [1.29, 1.82) is 0 Å². The van der Waals surface area contributed by atoms with Crippen LogP contribution in [0.4, 0.5) is 17.1 Å². The zero-order valence-electron chi connectivity index (χ0n) is 9.95. The van der Waals surface area contributed by atoms with Crippen molar-refractivity contribution in [2.75, 3.05) is 29.5 Å². The van der Waals surface area contributed by atoms with Crippen molar-refractivity contribution in [3.05, 3.63) is 18.2 Å². The molecular weight excluding hydrogens is 198 g/mol. The fourth-order valence-electron chi connectivity index (χ4n) is 2.36. The van der Waals surface area contributed by atoms with Crippen LogP contribution in [0.2, 0.25) is 0 Å². The predicted molar refractivity (Wildman–Crippen MR) is 70.5 cm³/mol. The van der Waals surface area contributed by atoms with Crippen LogP contribution >= 0.6 is 0 Å². The number of hydrogen-bond donors (Lipinski definition) is 2. The normalized spacial score (nSPS) is 17.7. The van der Waals surface area contributed by atoms with Crippen molar-refractivity contribution in [3.8, 4) is 0 Å². The van der Waals surface area contributed by atoms with E-state index < -0.39 is 0 Å². The summed E-state index contributed by atoms with van der Waals surface area (Å²) >= 11 is 0. The number of hydrogen-bond acceptors (Lipinski definition) is 3. The van der Waals surface area contributed by atoms with Gasteiger partial charge in [-0.3, -0.25) is 0 Å². The van der Waals surface area contributed by atoms with Crippen molar-refractivity contribution in [2.45, 2.75) is 26.2 Å². The Morgan fingerprint density at radius 2 is 1.88 bits per heavy atom. The van der Waals surface area contributed by atoms with E-state index in [1.165, 1.54) is 24.9 Å². The molecule has 0 aromatic heterocycles. The van der Waals surface area contributed by atoms with Crippen LogP contribution in [0.15, 0.2) is 18.2 Å². The van der Waals surface area contributed by atoms with Gasteiger partial charge in [-0.05, 0) is 37.0 Å². The van der Waals surface area contributed by atoms with Crippen molar-refractivity contribution < 1.29 is 0 Å². The molecule has 0 atom stereocenters. The summed E-state index contributed by atoms with van der Waals surface area (Å²) in [5.41, 5.74) is 14.1. The lowest BCUT2D eigenvalue weighted by molar-refractivity contribution is 0.395. The molecule has 0 unspecified atom stereocenters. The highest BCUT2D eigenvalue weighted by molar-refractivity contribution is 5.69. The molecule has 0 saturated carbocycles. The van der Waals surface area contributed by atoms with Gasteiger partial charge in [-0.2, -0.15) is 0 Å². The molecule has 1 aromatic carbocycles. The summed E-state index contributed by atoms with van der Waals surface area (Å²) in [4.78, 5) is 2.40. The van der Waals surface area contributed by atoms with E-state index in [0.29, 0.717) is 11.4 Å². The van der Waals surface area contributed by atoms with Crippen LogP contribution in [0.25, 0.3) is 0 Å². The third kappa shape index (κ3) is 2.23. The summed E-state index contributed by atoms with van der Waals surface area (Å²) in [6.45, 7) is 4.56. The van der Waals surface area contributed by atoms with Crippen LogP contribution in [0, 0.1) is 5.92 Å². The van der Waals surface area contributed by atoms with E-state index in [1.54, 1.807) is 0 Å².